The lowest BCUT2D eigenvalue weighted by molar-refractivity contribution is 0.0313. The number of amides is 1. The van der Waals surface area contributed by atoms with Gasteiger partial charge in [0.1, 0.15) is 12.0 Å². The number of hydrogen-bond acceptors (Lipinski definition) is 4. The quantitative estimate of drug-likeness (QED) is 0.715. The molecule has 1 aliphatic heterocycles. The van der Waals surface area contributed by atoms with Gasteiger partial charge in [-0.05, 0) is 24.1 Å². The van der Waals surface area contributed by atoms with Gasteiger partial charge in [0, 0.05) is 36.7 Å². The number of carbonyl (C=O) groups excluding carboxylic acids is 1. The number of hydrogen-bond donors (Lipinski definition) is 2. The number of rotatable bonds is 6. The predicted molar refractivity (Wildman–Crippen MR) is 99.1 cm³/mol. The molecule has 0 unspecified atom stereocenters. The van der Waals surface area contributed by atoms with Crippen molar-refractivity contribution in [2.45, 2.75) is 13.0 Å². The van der Waals surface area contributed by atoms with Crippen LogP contribution in [0.25, 0.3) is 10.9 Å². The Kier molecular flexibility index (Phi) is 5.04. The lowest BCUT2D eigenvalue weighted by Crippen LogP contribution is -2.35. The molecule has 136 valence electrons. The third-order valence-electron chi connectivity index (χ3n) is 4.75. The maximum atomic E-state index is 12.3. The highest BCUT2D eigenvalue weighted by atomic mass is 16.5. The van der Waals surface area contributed by atoms with Gasteiger partial charge in [0.25, 0.3) is 5.91 Å². The number of benzene rings is 1. The molecule has 4 rings (SSSR count). The molecule has 1 saturated heterocycles. The van der Waals surface area contributed by atoms with E-state index in [1.807, 2.05) is 24.4 Å². The lowest BCUT2D eigenvalue weighted by atomic mass is 10.1. The second-order valence-corrected chi connectivity index (χ2v) is 6.56. The normalized spacial score (nSPS) is 15.4. The Hall–Kier alpha value is -2.57. The van der Waals surface area contributed by atoms with Crippen LogP contribution in [0.5, 0.6) is 0 Å². The van der Waals surface area contributed by atoms with Crippen LogP contribution in [0.15, 0.2) is 47.2 Å². The molecule has 1 aromatic carbocycles. The highest BCUT2D eigenvalue weighted by Gasteiger charge is 2.15. The molecule has 6 nitrogen and oxygen atoms in total. The Bertz CT molecular complexity index is 877. The largest absolute Gasteiger partial charge is 0.467 e. The van der Waals surface area contributed by atoms with Crippen LogP contribution in [-0.4, -0.2) is 48.6 Å². The molecule has 2 aromatic heterocycles. The number of H-pyrrole nitrogens is 1. The molecule has 0 spiro atoms. The number of fused-ring (bicyclic) bond motifs is 1. The molecule has 26 heavy (non-hydrogen) atoms. The predicted octanol–water partition coefficient (Wildman–Crippen LogP) is 2.57. The zero-order valence-electron chi connectivity index (χ0n) is 14.7. The SMILES string of the molecule is O=C(NCCc1c[nH]c2ccccc12)c1coc(CN2CCOCC2)c1. The van der Waals surface area contributed by atoms with E-state index in [0.717, 1.165) is 44.0 Å². The van der Waals surface area contributed by atoms with Crippen molar-refractivity contribution >= 4 is 16.8 Å². The second-order valence-electron chi connectivity index (χ2n) is 6.56. The number of aromatic nitrogens is 1. The average Bonchev–Trinajstić information content (AvgIpc) is 3.30. The van der Waals surface area contributed by atoms with E-state index in [1.54, 1.807) is 0 Å². The summed E-state index contributed by atoms with van der Waals surface area (Å²) < 4.78 is 10.9. The van der Waals surface area contributed by atoms with Gasteiger partial charge in [-0.15, -0.1) is 0 Å². The zero-order chi connectivity index (χ0) is 17.8. The molecule has 0 bridgehead atoms. The molecular formula is C20H23N3O3. The van der Waals surface area contributed by atoms with Crippen molar-refractivity contribution in [3.05, 3.63) is 59.7 Å². The topological polar surface area (TPSA) is 70.5 Å². The molecular weight excluding hydrogens is 330 g/mol. The van der Waals surface area contributed by atoms with Gasteiger partial charge in [-0.25, -0.2) is 0 Å². The molecule has 6 heteroatoms. The van der Waals surface area contributed by atoms with Crippen LogP contribution in [0.3, 0.4) is 0 Å². The van der Waals surface area contributed by atoms with E-state index in [2.05, 4.69) is 27.3 Å². The van der Waals surface area contributed by atoms with E-state index >= 15 is 0 Å². The van der Waals surface area contributed by atoms with Gasteiger partial charge in [-0.2, -0.15) is 0 Å². The van der Waals surface area contributed by atoms with Crippen LogP contribution in [0, 0.1) is 0 Å². The van der Waals surface area contributed by atoms with Crippen molar-refractivity contribution < 1.29 is 13.9 Å². The van der Waals surface area contributed by atoms with Crippen molar-refractivity contribution in [1.29, 1.82) is 0 Å². The third kappa shape index (κ3) is 3.81. The number of nitrogens with zero attached hydrogens (tertiary/aromatic N) is 1. The van der Waals surface area contributed by atoms with Crippen LogP contribution >= 0.6 is 0 Å². The summed E-state index contributed by atoms with van der Waals surface area (Å²) in [4.78, 5) is 17.9. The monoisotopic (exact) mass is 353 g/mol. The van der Waals surface area contributed by atoms with Crippen molar-refractivity contribution in [2.75, 3.05) is 32.8 Å². The summed E-state index contributed by atoms with van der Waals surface area (Å²) in [6.07, 6.45) is 4.33. The number of carbonyl (C=O) groups is 1. The van der Waals surface area contributed by atoms with Gasteiger partial charge in [0.15, 0.2) is 0 Å². The first-order valence-corrected chi connectivity index (χ1v) is 9.00. The summed E-state index contributed by atoms with van der Waals surface area (Å²) >= 11 is 0. The van der Waals surface area contributed by atoms with Gasteiger partial charge in [-0.3, -0.25) is 9.69 Å². The van der Waals surface area contributed by atoms with E-state index in [-0.39, 0.29) is 5.91 Å². The number of morpholine rings is 1. The lowest BCUT2D eigenvalue weighted by Gasteiger charge is -2.25. The van der Waals surface area contributed by atoms with Crippen molar-refractivity contribution in [3.63, 3.8) is 0 Å². The molecule has 1 amide bonds. The molecule has 2 N–H and O–H groups in total. The van der Waals surface area contributed by atoms with Gasteiger partial charge >= 0.3 is 0 Å². The minimum atomic E-state index is -0.0955. The summed E-state index contributed by atoms with van der Waals surface area (Å²) in [6, 6.07) is 10.0. The molecule has 3 heterocycles. The van der Waals surface area contributed by atoms with Gasteiger partial charge in [0.05, 0.1) is 25.3 Å². The van der Waals surface area contributed by atoms with Crippen LogP contribution in [0.2, 0.25) is 0 Å². The number of aromatic amines is 1. The van der Waals surface area contributed by atoms with Crippen molar-refractivity contribution in [3.8, 4) is 0 Å². The maximum Gasteiger partial charge on any atom is 0.254 e. The van der Waals surface area contributed by atoms with Gasteiger partial charge < -0.3 is 19.5 Å². The van der Waals surface area contributed by atoms with E-state index in [9.17, 15) is 4.79 Å². The Morgan fingerprint density at radius 2 is 2.08 bits per heavy atom. The summed E-state index contributed by atoms with van der Waals surface area (Å²) in [7, 11) is 0. The van der Waals surface area contributed by atoms with E-state index in [1.165, 1.54) is 17.2 Å². The number of nitrogens with one attached hydrogen (secondary N) is 2. The van der Waals surface area contributed by atoms with Crippen LogP contribution < -0.4 is 5.32 Å². The Labute approximate surface area is 152 Å². The second kappa shape index (κ2) is 7.76. The van der Waals surface area contributed by atoms with Gasteiger partial charge in [-0.1, -0.05) is 18.2 Å². The average molecular weight is 353 g/mol. The molecule has 1 aliphatic rings. The van der Waals surface area contributed by atoms with Crippen molar-refractivity contribution in [2.24, 2.45) is 0 Å². The summed E-state index contributed by atoms with van der Waals surface area (Å²) in [5.41, 5.74) is 2.91. The Balaban J connectivity index is 1.29. The fourth-order valence-corrected chi connectivity index (χ4v) is 3.31. The van der Waals surface area contributed by atoms with E-state index in [0.29, 0.717) is 18.7 Å². The number of furan rings is 1. The molecule has 0 radical (unpaired) electrons. The summed E-state index contributed by atoms with van der Waals surface area (Å²) in [5, 5.41) is 4.18. The Morgan fingerprint density at radius 3 is 2.96 bits per heavy atom. The standard InChI is InChI=1S/C20H23N3O3/c24-20(16-11-17(26-14-16)13-23-7-9-25-10-8-23)21-6-5-15-12-22-19-4-2-1-3-18(15)19/h1-4,11-12,14,22H,5-10,13H2,(H,21,24). The first kappa shape index (κ1) is 16.9. The first-order chi connectivity index (χ1) is 12.8. The molecule has 3 aromatic rings. The highest BCUT2D eigenvalue weighted by molar-refractivity contribution is 5.94. The smallest absolute Gasteiger partial charge is 0.254 e. The van der Waals surface area contributed by atoms with Crippen LogP contribution in [0.1, 0.15) is 21.7 Å². The molecule has 1 fully saturated rings. The third-order valence-corrected chi connectivity index (χ3v) is 4.75. The molecule has 0 saturated carbocycles. The minimum absolute atomic E-state index is 0.0955. The first-order valence-electron chi connectivity index (χ1n) is 9.00. The maximum absolute atomic E-state index is 12.3. The summed E-state index contributed by atoms with van der Waals surface area (Å²) in [6.45, 7) is 4.60. The molecule has 0 atom stereocenters. The minimum Gasteiger partial charge on any atom is -0.467 e. The number of ether oxygens (including phenoxy) is 1. The fourth-order valence-electron chi connectivity index (χ4n) is 3.31. The van der Waals surface area contributed by atoms with E-state index in [4.69, 9.17) is 9.15 Å². The number of para-hydroxylation sites is 1. The van der Waals surface area contributed by atoms with E-state index < -0.39 is 0 Å². The van der Waals surface area contributed by atoms with Crippen LogP contribution in [-0.2, 0) is 17.7 Å². The molecule has 0 aliphatic carbocycles. The van der Waals surface area contributed by atoms with Crippen LogP contribution in [0.4, 0.5) is 0 Å². The summed E-state index contributed by atoms with van der Waals surface area (Å²) in [5.74, 6) is 0.718. The van der Waals surface area contributed by atoms with Gasteiger partial charge in [0.2, 0.25) is 0 Å². The fraction of sp³-hybridized carbons (Fsp3) is 0.350. The Morgan fingerprint density at radius 1 is 1.23 bits per heavy atom. The zero-order valence-corrected chi connectivity index (χ0v) is 14.7. The van der Waals surface area contributed by atoms with Crippen molar-refractivity contribution in [1.82, 2.24) is 15.2 Å². The highest BCUT2D eigenvalue weighted by Crippen LogP contribution is 2.18.